The number of anilines is 1. The van der Waals surface area contributed by atoms with Gasteiger partial charge in [-0.05, 0) is 75.0 Å². The normalized spacial score (nSPS) is 11.5. The average Bonchev–Trinajstić information content (AvgIpc) is 2.39. The number of rotatable bonds is 3. The van der Waals surface area contributed by atoms with Crippen molar-refractivity contribution in [2.75, 3.05) is 4.72 Å². The molecule has 0 heterocycles. The van der Waals surface area contributed by atoms with Gasteiger partial charge in [-0.1, -0.05) is 28.1 Å². The van der Waals surface area contributed by atoms with E-state index < -0.39 is 10.0 Å². The fourth-order valence-corrected chi connectivity index (χ4v) is 5.00. The second-order valence-electron chi connectivity index (χ2n) is 4.57. The Bertz CT molecular complexity index is 804. The zero-order valence-corrected chi connectivity index (χ0v) is 16.8. The topological polar surface area (TPSA) is 46.2 Å². The van der Waals surface area contributed by atoms with Crippen molar-refractivity contribution in [1.29, 1.82) is 0 Å². The summed E-state index contributed by atoms with van der Waals surface area (Å²) in [7, 11) is -3.68. The van der Waals surface area contributed by atoms with E-state index in [2.05, 4.69) is 52.5 Å². The Labute approximate surface area is 149 Å². The van der Waals surface area contributed by atoms with Gasteiger partial charge in [0.2, 0.25) is 0 Å². The van der Waals surface area contributed by atoms with Gasteiger partial charge in [-0.2, -0.15) is 0 Å². The van der Waals surface area contributed by atoms with Crippen molar-refractivity contribution >= 4 is 63.5 Å². The summed E-state index contributed by atoms with van der Waals surface area (Å²) in [5.74, 6) is 0. The fraction of sp³-hybridized carbons (Fsp3) is 0.143. The van der Waals surface area contributed by atoms with Crippen molar-refractivity contribution in [2.45, 2.75) is 18.7 Å². The Hall–Kier alpha value is -0.370. The molecule has 0 atom stereocenters. The third-order valence-electron chi connectivity index (χ3n) is 2.94. The van der Waals surface area contributed by atoms with Gasteiger partial charge in [0.15, 0.2) is 0 Å². The van der Waals surface area contributed by atoms with Crippen molar-refractivity contribution < 1.29 is 8.42 Å². The van der Waals surface area contributed by atoms with Gasteiger partial charge in [0.1, 0.15) is 4.90 Å². The van der Waals surface area contributed by atoms with Crippen LogP contribution in [0.15, 0.2) is 48.6 Å². The number of halogens is 3. The summed E-state index contributed by atoms with van der Waals surface area (Å²) < 4.78 is 29.7. The third-order valence-corrected chi connectivity index (χ3v) is 7.17. The van der Waals surface area contributed by atoms with Crippen LogP contribution in [0.1, 0.15) is 11.1 Å². The molecule has 2 aromatic carbocycles. The summed E-state index contributed by atoms with van der Waals surface area (Å²) in [4.78, 5) is 0.188. The van der Waals surface area contributed by atoms with Crippen LogP contribution in [0.5, 0.6) is 0 Å². The minimum atomic E-state index is -3.68. The molecule has 0 saturated carbocycles. The van der Waals surface area contributed by atoms with Crippen LogP contribution in [0.3, 0.4) is 0 Å². The van der Waals surface area contributed by atoms with Crippen molar-refractivity contribution in [2.24, 2.45) is 0 Å². The molecule has 1 N–H and O–H groups in total. The molecule has 0 amide bonds. The molecule has 0 radical (unpaired) electrons. The van der Waals surface area contributed by atoms with Gasteiger partial charge >= 0.3 is 0 Å². The van der Waals surface area contributed by atoms with E-state index in [-0.39, 0.29) is 4.90 Å². The van der Waals surface area contributed by atoms with Gasteiger partial charge in [0.25, 0.3) is 10.0 Å². The monoisotopic (exact) mass is 495 g/mol. The molecule has 0 aliphatic heterocycles. The number of benzene rings is 2. The highest BCUT2D eigenvalue weighted by atomic mass is 79.9. The summed E-state index contributed by atoms with van der Waals surface area (Å²) in [6.45, 7) is 3.80. The quantitative estimate of drug-likeness (QED) is 0.618. The Balaban J connectivity index is 2.48. The Morgan fingerprint density at radius 3 is 2.29 bits per heavy atom. The lowest BCUT2D eigenvalue weighted by Crippen LogP contribution is -2.14. The molecule has 2 aromatic rings. The summed E-state index contributed by atoms with van der Waals surface area (Å²) in [5, 5.41) is 0. The average molecular weight is 498 g/mol. The number of nitrogens with one attached hydrogen (secondary N) is 1. The van der Waals surface area contributed by atoms with Crippen molar-refractivity contribution in [3.8, 4) is 0 Å². The summed E-state index contributed by atoms with van der Waals surface area (Å²) >= 11 is 10.1. The summed E-state index contributed by atoms with van der Waals surface area (Å²) in [5.41, 5.74) is 2.43. The van der Waals surface area contributed by atoms with E-state index in [9.17, 15) is 8.42 Å². The Kier molecular flexibility index (Phi) is 5.18. The van der Waals surface area contributed by atoms with E-state index in [1.165, 1.54) is 0 Å². The van der Waals surface area contributed by atoms with Crippen LogP contribution in [0.2, 0.25) is 0 Å². The number of sulfonamides is 1. The molecule has 0 aliphatic rings. The maximum atomic E-state index is 12.6. The first kappa shape index (κ1) is 17.0. The van der Waals surface area contributed by atoms with E-state index in [1.54, 1.807) is 24.3 Å². The maximum Gasteiger partial charge on any atom is 0.263 e. The van der Waals surface area contributed by atoms with Crippen molar-refractivity contribution in [3.05, 3.63) is 54.9 Å². The molecular weight excluding hydrogens is 486 g/mol. The minimum absolute atomic E-state index is 0.188. The molecule has 0 aromatic heterocycles. The fourth-order valence-electron chi connectivity index (χ4n) is 1.76. The summed E-state index contributed by atoms with van der Waals surface area (Å²) in [6.07, 6.45) is 0. The molecule has 112 valence electrons. The predicted molar refractivity (Wildman–Crippen MR) is 96.3 cm³/mol. The second-order valence-corrected chi connectivity index (χ2v) is 8.73. The molecule has 3 nitrogen and oxygen atoms in total. The van der Waals surface area contributed by atoms with Crippen LogP contribution in [-0.4, -0.2) is 8.42 Å². The van der Waals surface area contributed by atoms with Gasteiger partial charge in [-0.15, -0.1) is 0 Å². The number of hydrogen-bond acceptors (Lipinski definition) is 2. The third kappa shape index (κ3) is 3.70. The van der Waals surface area contributed by atoms with Gasteiger partial charge in [0, 0.05) is 13.4 Å². The zero-order valence-electron chi connectivity index (χ0n) is 11.2. The van der Waals surface area contributed by atoms with Crippen LogP contribution >= 0.6 is 47.8 Å². The molecule has 0 unspecified atom stereocenters. The standard InChI is InChI=1S/C14H12Br3NO2S/c1-8-4-3-5-12(14(8)17)18-21(19,20)13-7-10(15)9(2)6-11(13)16/h3-7,18H,1-2H3. The van der Waals surface area contributed by atoms with E-state index in [0.717, 1.165) is 20.1 Å². The lowest BCUT2D eigenvalue weighted by Gasteiger charge is -2.13. The largest absolute Gasteiger partial charge is 0.278 e. The highest BCUT2D eigenvalue weighted by Gasteiger charge is 2.20. The van der Waals surface area contributed by atoms with Crippen molar-refractivity contribution in [3.63, 3.8) is 0 Å². The van der Waals surface area contributed by atoms with E-state index >= 15 is 0 Å². The van der Waals surface area contributed by atoms with E-state index in [1.807, 2.05) is 19.9 Å². The zero-order chi connectivity index (χ0) is 15.8. The molecule has 0 fully saturated rings. The molecule has 21 heavy (non-hydrogen) atoms. The van der Waals surface area contributed by atoms with Crippen molar-refractivity contribution in [1.82, 2.24) is 0 Å². The van der Waals surface area contributed by atoms with Gasteiger partial charge in [-0.3, -0.25) is 4.72 Å². The van der Waals surface area contributed by atoms with Crippen LogP contribution in [0.4, 0.5) is 5.69 Å². The first-order valence-corrected chi connectivity index (χ1v) is 9.82. The van der Waals surface area contributed by atoms with Crippen LogP contribution < -0.4 is 4.72 Å². The lowest BCUT2D eigenvalue weighted by molar-refractivity contribution is 0.600. The van der Waals surface area contributed by atoms with Crippen LogP contribution in [0.25, 0.3) is 0 Å². The van der Waals surface area contributed by atoms with E-state index in [0.29, 0.717) is 10.2 Å². The predicted octanol–water partition coefficient (Wildman–Crippen LogP) is 5.39. The molecule has 0 bridgehead atoms. The van der Waals surface area contributed by atoms with Crippen LogP contribution in [0, 0.1) is 13.8 Å². The Morgan fingerprint density at radius 1 is 0.952 bits per heavy atom. The maximum absolute atomic E-state index is 12.6. The van der Waals surface area contributed by atoms with Gasteiger partial charge in [0.05, 0.1) is 5.69 Å². The number of aryl methyl sites for hydroxylation is 2. The summed E-state index contributed by atoms with van der Waals surface area (Å²) in [6, 6.07) is 8.78. The number of hydrogen-bond donors (Lipinski definition) is 1. The first-order chi connectivity index (χ1) is 9.72. The molecule has 0 spiro atoms. The molecular formula is C14H12Br3NO2S. The smallest absolute Gasteiger partial charge is 0.263 e. The molecule has 7 heteroatoms. The Morgan fingerprint density at radius 2 is 1.62 bits per heavy atom. The van der Waals surface area contributed by atoms with E-state index in [4.69, 9.17) is 0 Å². The van der Waals surface area contributed by atoms with Gasteiger partial charge in [-0.25, -0.2) is 8.42 Å². The second kappa shape index (κ2) is 6.40. The van der Waals surface area contributed by atoms with Crippen LogP contribution in [-0.2, 0) is 10.0 Å². The SMILES string of the molecule is Cc1cc(Br)c(S(=O)(=O)Nc2cccc(C)c2Br)cc1Br. The first-order valence-electron chi connectivity index (χ1n) is 5.96. The molecule has 0 aliphatic carbocycles. The highest BCUT2D eigenvalue weighted by Crippen LogP contribution is 2.32. The molecule has 2 rings (SSSR count). The minimum Gasteiger partial charge on any atom is -0.278 e. The lowest BCUT2D eigenvalue weighted by atomic mass is 10.2. The van der Waals surface area contributed by atoms with Gasteiger partial charge < -0.3 is 0 Å². The highest BCUT2D eigenvalue weighted by molar-refractivity contribution is 9.11. The molecule has 0 saturated heterocycles.